The molecule has 19 heavy (non-hydrogen) atoms. The van der Waals surface area contributed by atoms with Gasteiger partial charge < -0.3 is 5.73 Å². The number of nitrogens with two attached hydrogens (primary N) is 1. The lowest BCUT2D eigenvalue weighted by Crippen LogP contribution is -2.32. The smallest absolute Gasteiger partial charge is 0.307 e. The quantitative estimate of drug-likeness (QED) is 0.651. The molecule has 0 aliphatic heterocycles. The number of sulfonamides is 1. The summed E-state index contributed by atoms with van der Waals surface area (Å²) in [4.78, 5) is 9.62. The Labute approximate surface area is 120 Å². The maximum atomic E-state index is 12.1. The fourth-order valence-corrected chi connectivity index (χ4v) is 3.40. The summed E-state index contributed by atoms with van der Waals surface area (Å²) in [6.45, 7) is 0.179. The molecule has 0 radical (unpaired) electrons. The van der Waals surface area contributed by atoms with E-state index in [1.54, 1.807) is 0 Å². The van der Waals surface area contributed by atoms with E-state index < -0.39 is 25.7 Å². The Kier molecular flexibility index (Phi) is 5.11. The van der Waals surface area contributed by atoms with Crippen LogP contribution in [0.5, 0.6) is 0 Å². The van der Waals surface area contributed by atoms with Crippen LogP contribution in [0.15, 0.2) is 17.0 Å². The fraction of sp³-hybridized carbons (Fsp3) is 0.333. The summed E-state index contributed by atoms with van der Waals surface area (Å²) in [5.74, 6) is 0. The highest BCUT2D eigenvalue weighted by Gasteiger charge is 2.30. The molecule has 10 heteroatoms. The molecule has 0 spiro atoms. The van der Waals surface area contributed by atoms with E-state index in [0.717, 1.165) is 16.4 Å². The third-order valence-electron chi connectivity index (χ3n) is 2.35. The van der Waals surface area contributed by atoms with Gasteiger partial charge in [-0.1, -0.05) is 23.2 Å². The minimum Gasteiger partial charge on any atom is -0.329 e. The minimum atomic E-state index is -3.95. The van der Waals surface area contributed by atoms with Crippen LogP contribution >= 0.6 is 23.2 Å². The zero-order valence-corrected chi connectivity index (χ0v) is 12.2. The van der Waals surface area contributed by atoms with E-state index in [0.29, 0.717) is 0 Å². The van der Waals surface area contributed by atoms with Gasteiger partial charge in [0.2, 0.25) is 10.0 Å². The molecule has 0 atom stereocenters. The Morgan fingerprint density at radius 2 is 2.00 bits per heavy atom. The molecule has 0 amide bonds. The van der Waals surface area contributed by atoms with E-state index in [2.05, 4.69) is 0 Å². The van der Waals surface area contributed by atoms with Gasteiger partial charge in [0.25, 0.3) is 0 Å². The van der Waals surface area contributed by atoms with Gasteiger partial charge in [0.1, 0.15) is 14.9 Å². The molecule has 2 N–H and O–H groups in total. The lowest BCUT2D eigenvalue weighted by atomic mass is 10.3. The van der Waals surface area contributed by atoms with Crippen LogP contribution in [0.3, 0.4) is 0 Å². The summed E-state index contributed by atoms with van der Waals surface area (Å²) in [6, 6.07) is 2.24. The molecule has 1 aromatic rings. The van der Waals surface area contributed by atoms with Crippen molar-refractivity contribution in [3.8, 4) is 0 Å². The first kappa shape index (κ1) is 16.1. The average molecular weight is 328 g/mol. The van der Waals surface area contributed by atoms with Crippen molar-refractivity contribution in [3.05, 3.63) is 32.3 Å². The molecule has 1 rings (SSSR count). The van der Waals surface area contributed by atoms with E-state index in [-0.39, 0.29) is 23.0 Å². The second-order valence-corrected chi connectivity index (χ2v) is 6.38. The van der Waals surface area contributed by atoms with Crippen LogP contribution < -0.4 is 5.73 Å². The van der Waals surface area contributed by atoms with Gasteiger partial charge >= 0.3 is 5.69 Å². The highest BCUT2D eigenvalue weighted by molar-refractivity contribution is 7.89. The molecule has 1 aromatic carbocycles. The van der Waals surface area contributed by atoms with E-state index >= 15 is 0 Å². The number of nitrogens with zero attached hydrogens (tertiary/aromatic N) is 2. The molecule has 0 aromatic heterocycles. The maximum Gasteiger partial charge on any atom is 0.307 e. The van der Waals surface area contributed by atoms with E-state index in [4.69, 9.17) is 28.9 Å². The van der Waals surface area contributed by atoms with Crippen LogP contribution in [-0.4, -0.2) is 37.8 Å². The molecule has 0 aliphatic rings. The first-order valence-corrected chi connectivity index (χ1v) is 7.22. The topological polar surface area (TPSA) is 107 Å². The Balaban J connectivity index is 3.45. The summed E-state index contributed by atoms with van der Waals surface area (Å²) in [5, 5.41) is 10.1. The van der Waals surface area contributed by atoms with Crippen molar-refractivity contribution in [2.45, 2.75) is 4.90 Å². The van der Waals surface area contributed by atoms with Gasteiger partial charge in [-0.15, -0.1) is 0 Å². The van der Waals surface area contributed by atoms with Gasteiger partial charge in [-0.3, -0.25) is 10.1 Å². The van der Waals surface area contributed by atoms with Gasteiger partial charge in [-0.2, -0.15) is 4.31 Å². The minimum absolute atomic E-state index is 0.0646. The van der Waals surface area contributed by atoms with Crippen LogP contribution in [0.25, 0.3) is 0 Å². The molecule has 0 saturated heterocycles. The predicted molar refractivity (Wildman–Crippen MR) is 72.0 cm³/mol. The number of halogens is 2. The van der Waals surface area contributed by atoms with Gasteiger partial charge in [-0.05, 0) is 12.1 Å². The van der Waals surface area contributed by atoms with Gasteiger partial charge in [0.05, 0.1) is 4.92 Å². The Bertz CT molecular complexity index is 606. The van der Waals surface area contributed by atoms with Crippen molar-refractivity contribution in [3.63, 3.8) is 0 Å². The average Bonchev–Trinajstić information content (AvgIpc) is 2.28. The van der Waals surface area contributed by atoms with Crippen molar-refractivity contribution < 1.29 is 13.3 Å². The lowest BCUT2D eigenvalue weighted by Gasteiger charge is -2.17. The third-order valence-corrected chi connectivity index (χ3v) is 5.05. The summed E-state index contributed by atoms with van der Waals surface area (Å²) in [6.07, 6.45) is 0. The predicted octanol–water partition coefficient (Wildman–Crippen LogP) is 1.48. The van der Waals surface area contributed by atoms with Gasteiger partial charge in [-0.25, -0.2) is 8.42 Å². The highest BCUT2D eigenvalue weighted by Crippen LogP contribution is 2.37. The molecule has 7 nitrogen and oxygen atoms in total. The zero-order chi connectivity index (χ0) is 14.8. The highest BCUT2D eigenvalue weighted by atomic mass is 35.5. The molecule has 0 fully saturated rings. The standard InChI is InChI=1S/C9H11Cl2N3O4S/c1-13(5-4-12)19(17,18)7-3-2-6(10)9(8(7)11)14(15)16/h2-3H,4-5,12H2,1H3. The molecular formula is C9H11Cl2N3O4S. The second-order valence-electron chi connectivity index (χ2n) is 3.58. The number of nitro groups is 1. The molecular weight excluding hydrogens is 317 g/mol. The summed E-state index contributed by atoms with van der Waals surface area (Å²) in [5.41, 5.74) is 4.64. The zero-order valence-electron chi connectivity index (χ0n) is 9.84. The number of benzene rings is 1. The molecule has 106 valence electrons. The summed E-state index contributed by atoms with van der Waals surface area (Å²) >= 11 is 11.4. The van der Waals surface area contributed by atoms with Gasteiger partial charge in [0, 0.05) is 20.1 Å². The Morgan fingerprint density at radius 3 is 2.47 bits per heavy atom. The SMILES string of the molecule is CN(CCN)S(=O)(=O)c1ccc(Cl)c([N+](=O)[O-])c1Cl. The monoisotopic (exact) mass is 327 g/mol. The van der Waals surface area contributed by atoms with E-state index in [1.807, 2.05) is 0 Å². The Morgan fingerprint density at radius 1 is 1.42 bits per heavy atom. The molecule has 0 aliphatic carbocycles. The largest absolute Gasteiger partial charge is 0.329 e. The van der Waals surface area contributed by atoms with Crippen LogP contribution in [0, 0.1) is 10.1 Å². The third kappa shape index (κ3) is 3.15. The number of nitro benzene ring substituents is 1. The first-order valence-electron chi connectivity index (χ1n) is 5.02. The number of rotatable bonds is 5. The number of hydrogen-bond acceptors (Lipinski definition) is 5. The molecule has 0 bridgehead atoms. The van der Waals surface area contributed by atoms with Crippen molar-refractivity contribution in [2.75, 3.05) is 20.1 Å². The molecule has 0 heterocycles. The fourth-order valence-electron chi connectivity index (χ4n) is 1.36. The summed E-state index contributed by atoms with van der Waals surface area (Å²) < 4.78 is 25.3. The van der Waals surface area contributed by atoms with Crippen LogP contribution in [0.1, 0.15) is 0 Å². The van der Waals surface area contributed by atoms with Gasteiger partial charge in [0.15, 0.2) is 0 Å². The first-order chi connectivity index (χ1) is 8.73. The Hall–Kier alpha value is -0.930. The number of likely N-dealkylation sites (N-methyl/N-ethyl adjacent to an activating group) is 1. The summed E-state index contributed by atoms with van der Waals surface area (Å²) in [7, 11) is -2.64. The van der Waals surface area contributed by atoms with E-state index in [9.17, 15) is 18.5 Å². The lowest BCUT2D eigenvalue weighted by molar-refractivity contribution is -0.384. The van der Waals surface area contributed by atoms with Crippen molar-refractivity contribution in [1.82, 2.24) is 4.31 Å². The van der Waals surface area contributed by atoms with Crippen LogP contribution in [0.2, 0.25) is 10.0 Å². The number of hydrogen-bond donors (Lipinski definition) is 1. The van der Waals surface area contributed by atoms with Crippen LogP contribution in [-0.2, 0) is 10.0 Å². The molecule has 0 unspecified atom stereocenters. The van der Waals surface area contributed by atoms with Crippen molar-refractivity contribution >= 4 is 38.9 Å². The van der Waals surface area contributed by atoms with Crippen molar-refractivity contribution in [1.29, 1.82) is 0 Å². The normalized spacial score (nSPS) is 11.8. The van der Waals surface area contributed by atoms with Crippen LogP contribution in [0.4, 0.5) is 5.69 Å². The second kappa shape index (κ2) is 6.02. The maximum absolute atomic E-state index is 12.1. The van der Waals surface area contributed by atoms with Crippen molar-refractivity contribution in [2.24, 2.45) is 5.73 Å². The molecule has 0 saturated carbocycles. The van der Waals surface area contributed by atoms with E-state index in [1.165, 1.54) is 7.05 Å².